The summed E-state index contributed by atoms with van der Waals surface area (Å²) in [5, 5.41) is 18.7. The minimum absolute atomic E-state index is 0.395. The number of hydrogen-bond acceptors (Lipinski definition) is 6. The number of hydrogen-bond donors (Lipinski definition) is 1. The highest BCUT2D eigenvalue weighted by Crippen LogP contribution is 2.29. The van der Waals surface area contributed by atoms with Gasteiger partial charge in [0, 0.05) is 19.2 Å². The van der Waals surface area contributed by atoms with Gasteiger partial charge in [-0.25, -0.2) is 0 Å². The van der Waals surface area contributed by atoms with Gasteiger partial charge in [-0.05, 0) is 24.3 Å². The predicted molar refractivity (Wildman–Crippen MR) is 82.0 cm³/mol. The topological polar surface area (TPSA) is 75.6 Å². The van der Waals surface area contributed by atoms with Crippen LogP contribution in [0.1, 0.15) is 6.92 Å². The standard InChI is InChI=1S/C14H17N3O3S/c1-9(13(18)19)8-17(2)14-16-15-12(21-14)10-4-6-11(20-3)7-5-10/h4-7,9H,8H2,1-3H3,(H,18,19). The van der Waals surface area contributed by atoms with Gasteiger partial charge in [-0.3, -0.25) is 4.79 Å². The Morgan fingerprint density at radius 2 is 2.05 bits per heavy atom. The summed E-state index contributed by atoms with van der Waals surface area (Å²) in [5.74, 6) is -0.485. The quantitative estimate of drug-likeness (QED) is 0.883. The molecule has 2 rings (SSSR count). The Labute approximate surface area is 127 Å². The van der Waals surface area contributed by atoms with E-state index in [-0.39, 0.29) is 0 Å². The molecule has 2 aromatic rings. The van der Waals surface area contributed by atoms with Crippen molar-refractivity contribution in [1.82, 2.24) is 10.2 Å². The van der Waals surface area contributed by atoms with Crippen molar-refractivity contribution in [3.63, 3.8) is 0 Å². The third kappa shape index (κ3) is 3.69. The van der Waals surface area contributed by atoms with Crippen molar-refractivity contribution < 1.29 is 14.6 Å². The summed E-state index contributed by atoms with van der Waals surface area (Å²) >= 11 is 1.43. The summed E-state index contributed by atoms with van der Waals surface area (Å²) in [6.45, 7) is 2.07. The number of carboxylic acids is 1. The monoisotopic (exact) mass is 307 g/mol. The molecule has 112 valence electrons. The van der Waals surface area contributed by atoms with E-state index in [1.807, 2.05) is 36.2 Å². The van der Waals surface area contributed by atoms with Gasteiger partial charge in [-0.2, -0.15) is 0 Å². The van der Waals surface area contributed by atoms with Gasteiger partial charge in [0.05, 0.1) is 13.0 Å². The number of carbonyl (C=O) groups is 1. The fourth-order valence-electron chi connectivity index (χ4n) is 1.79. The molecule has 0 aliphatic rings. The molecule has 1 heterocycles. The van der Waals surface area contributed by atoms with Crippen LogP contribution >= 0.6 is 11.3 Å². The second-order valence-corrected chi connectivity index (χ2v) is 5.69. The molecular weight excluding hydrogens is 290 g/mol. The van der Waals surface area contributed by atoms with E-state index in [1.54, 1.807) is 14.0 Å². The Balaban J connectivity index is 2.11. The van der Waals surface area contributed by atoms with E-state index in [1.165, 1.54) is 11.3 Å². The molecule has 1 aromatic carbocycles. The van der Waals surface area contributed by atoms with Crippen LogP contribution in [0.5, 0.6) is 5.75 Å². The Kier molecular flexibility index (Phi) is 4.74. The molecule has 0 fully saturated rings. The number of nitrogens with zero attached hydrogens (tertiary/aromatic N) is 3. The van der Waals surface area contributed by atoms with E-state index >= 15 is 0 Å². The maximum atomic E-state index is 10.9. The van der Waals surface area contributed by atoms with Gasteiger partial charge >= 0.3 is 5.97 Å². The van der Waals surface area contributed by atoms with Crippen molar-refractivity contribution in [2.75, 3.05) is 25.6 Å². The largest absolute Gasteiger partial charge is 0.497 e. The fraction of sp³-hybridized carbons (Fsp3) is 0.357. The van der Waals surface area contributed by atoms with Gasteiger partial charge in [-0.15, -0.1) is 10.2 Å². The highest BCUT2D eigenvalue weighted by Gasteiger charge is 2.17. The maximum Gasteiger partial charge on any atom is 0.308 e. The zero-order valence-corrected chi connectivity index (χ0v) is 12.9. The van der Waals surface area contributed by atoms with Gasteiger partial charge in [0.15, 0.2) is 0 Å². The molecule has 7 heteroatoms. The molecule has 0 aliphatic heterocycles. The first kappa shape index (κ1) is 15.2. The fourth-order valence-corrected chi connectivity index (χ4v) is 2.61. The van der Waals surface area contributed by atoms with Crippen LogP contribution in [0, 0.1) is 5.92 Å². The second-order valence-electron chi connectivity index (χ2n) is 4.74. The molecule has 0 amide bonds. The van der Waals surface area contributed by atoms with Crippen molar-refractivity contribution in [2.24, 2.45) is 5.92 Å². The number of ether oxygens (including phenoxy) is 1. The van der Waals surface area contributed by atoms with Crippen molar-refractivity contribution >= 4 is 22.4 Å². The molecule has 21 heavy (non-hydrogen) atoms. The molecular formula is C14H17N3O3S. The lowest BCUT2D eigenvalue weighted by Crippen LogP contribution is -2.28. The van der Waals surface area contributed by atoms with Gasteiger partial charge in [0.2, 0.25) is 5.13 Å². The van der Waals surface area contributed by atoms with E-state index in [2.05, 4.69) is 10.2 Å². The van der Waals surface area contributed by atoms with E-state index in [0.717, 1.165) is 16.3 Å². The molecule has 6 nitrogen and oxygen atoms in total. The Hall–Kier alpha value is -2.15. The van der Waals surface area contributed by atoms with Crippen LogP contribution in [0.2, 0.25) is 0 Å². The summed E-state index contributed by atoms with van der Waals surface area (Å²) in [6.07, 6.45) is 0. The average molecular weight is 307 g/mol. The highest BCUT2D eigenvalue weighted by atomic mass is 32.1. The van der Waals surface area contributed by atoms with Gasteiger partial charge in [-0.1, -0.05) is 18.3 Å². The Morgan fingerprint density at radius 1 is 1.38 bits per heavy atom. The molecule has 0 spiro atoms. The van der Waals surface area contributed by atoms with Gasteiger partial charge < -0.3 is 14.7 Å². The number of aliphatic carboxylic acids is 1. The number of methoxy groups -OCH3 is 1. The lowest BCUT2D eigenvalue weighted by molar-refractivity contribution is -0.140. The minimum atomic E-state index is -0.818. The van der Waals surface area contributed by atoms with Crippen molar-refractivity contribution in [3.8, 4) is 16.3 Å². The zero-order valence-electron chi connectivity index (χ0n) is 12.1. The molecule has 0 bridgehead atoms. The molecule has 0 saturated heterocycles. The number of benzene rings is 1. The van der Waals surface area contributed by atoms with Crippen LogP contribution < -0.4 is 9.64 Å². The third-order valence-electron chi connectivity index (χ3n) is 3.05. The minimum Gasteiger partial charge on any atom is -0.497 e. The van der Waals surface area contributed by atoms with Crippen LogP contribution in [0.3, 0.4) is 0 Å². The van der Waals surface area contributed by atoms with Crippen molar-refractivity contribution in [2.45, 2.75) is 6.92 Å². The van der Waals surface area contributed by atoms with E-state index in [0.29, 0.717) is 11.7 Å². The van der Waals surface area contributed by atoms with Crippen molar-refractivity contribution in [1.29, 1.82) is 0 Å². The Bertz CT molecular complexity index is 612. The predicted octanol–water partition coefficient (Wildman–Crippen LogP) is 2.37. The zero-order chi connectivity index (χ0) is 15.4. The van der Waals surface area contributed by atoms with Crippen LogP contribution in [-0.4, -0.2) is 42.0 Å². The SMILES string of the molecule is COc1ccc(-c2nnc(N(C)CC(C)C(=O)O)s2)cc1. The lowest BCUT2D eigenvalue weighted by atomic mass is 10.2. The molecule has 1 aromatic heterocycles. The average Bonchev–Trinajstić information content (AvgIpc) is 2.97. The number of anilines is 1. The first-order valence-electron chi connectivity index (χ1n) is 6.43. The summed E-state index contributed by atoms with van der Waals surface area (Å²) < 4.78 is 5.12. The first-order chi connectivity index (χ1) is 10.0. The number of rotatable bonds is 6. The summed E-state index contributed by atoms with van der Waals surface area (Å²) in [6, 6.07) is 7.57. The van der Waals surface area contributed by atoms with E-state index in [9.17, 15) is 4.79 Å². The summed E-state index contributed by atoms with van der Waals surface area (Å²) in [5.41, 5.74) is 0.958. The van der Waals surface area contributed by atoms with E-state index in [4.69, 9.17) is 9.84 Å². The number of aromatic nitrogens is 2. The van der Waals surface area contributed by atoms with Crippen LogP contribution in [-0.2, 0) is 4.79 Å². The van der Waals surface area contributed by atoms with Crippen molar-refractivity contribution in [3.05, 3.63) is 24.3 Å². The van der Waals surface area contributed by atoms with Gasteiger partial charge in [0.1, 0.15) is 10.8 Å². The molecule has 0 radical (unpaired) electrons. The van der Waals surface area contributed by atoms with Crippen LogP contribution in [0.25, 0.3) is 10.6 Å². The smallest absolute Gasteiger partial charge is 0.308 e. The number of carboxylic acid groups (broad SMARTS) is 1. The Morgan fingerprint density at radius 3 is 2.62 bits per heavy atom. The summed E-state index contributed by atoms with van der Waals surface area (Å²) in [4.78, 5) is 12.7. The first-order valence-corrected chi connectivity index (χ1v) is 7.24. The highest BCUT2D eigenvalue weighted by molar-refractivity contribution is 7.18. The molecule has 1 unspecified atom stereocenters. The maximum absolute atomic E-state index is 10.9. The molecule has 1 N–H and O–H groups in total. The van der Waals surface area contributed by atoms with Gasteiger partial charge in [0.25, 0.3) is 0 Å². The van der Waals surface area contributed by atoms with Crippen LogP contribution in [0.4, 0.5) is 5.13 Å². The summed E-state index contributed by atoms with van der Waals surface area (Å²) in [7, 11) is 3.44. The molecule has 1 atom stereocenters. The van der Waals surface area contributed by atoms with E-state index < -0.39 is 11.9 Å². The lowest BCUT2D eigenvalue weighted by Gasteiger charge is -2.17. The van der Waals surface area contributed by atoms with Crippen LogP contribution in [0.15, 0.2) is 24.3 Å². The normalized spacial score (nSPS) is 12.0. The molecule has 0 aliphatic carbocycles. The molecule has 0 saturated carbocycles. The third-order valence-corrected chi connectivity index (χ3v) is 4.13. The second kappa shape index (κ2) is 6.53.